The summed E-state index contributed by atoms with van der Waals surface area (Å²) in [4.78, 5) is 8.08. The maximum absolute atomic E-state index is 9.85. The van der Waals surface area contributed by atoms with E-state index in [0.29, 0.717) is 13.2 Å². The zero-order valence-corrected chi connectivity index (χ0v) is 6.54. The molecule has 0 aliphatic carbocycles. The van der Waals surface area contributed by atoms with Gasteiger partial charge in [0.2, 0.25) is 6.79 Å². The predicted octanol–water partition coefficient (Wildman–Crippen LogP) is 0.273. The molecular weight excluding hydrogens is 159 g/mol. The van der Waals surface area contributed by atoms with Crippen LogP contribution in [0.15, 0.2) is 0 Å². The minimum Gasteiger partial charge on any atom is -0.382 e. The lowest BCUT2D eigenvalue weighted by atomic mass is 10.8. The lowest BCUT2D eigenvalue weighted by molar-refractivity contribution is -0.00937. The fourth-order valence-corrected chi connectivity index (χ4v) is 0.448. The molecule has 0 spiro atoms. The normalized spacial score (nSPS) is 11.6. The Balaban J connectivity index is 2.84. The number of rotatable bonds is 6. The summed E-state index contributed by atoms with van der Waals surface area (Å²) in [5, 5.41) is 0. The molecule has 0 saturated carbocycles. The van der Waals surface area contributed by atoms with Crippen LogP contribution in [0.25, 0.3) is 0 Å². The van der Waals surface area contributed by atoms with E-state index in [9.17, 15) is 4.57 Å². The molecule has 10 heavy (non-hydrogen) atoms. The van der Waals surface area contributed by atoms with E-state index in [1.165, 1.54) is 7.11 Å². The highest BCUT2D eigenvalue weighted by Gasteiger charge is 2.10. The van der Waals surface area contributed by atoms with E-state index in [1.807, 2.05) is 0 Å². The Kier molecular flexibility index (Phi) is 7.01. The minimum atomic E-state index is -2.54. The smallest absolute Gasteiger partial charge is 0.382 e. The third kappa shape index (κ3) is 7.94. The number of hydrogen-bond acceptors (Lipinski definition) is 4. The van der Waals surface area contributed by atoms with Crippen LogP contribution in [0.5, 0.6) is 0 Å². The molecule has 0 saturated heterocycles. The maximum Gasteiger partial charge on any atom is 0.697 e. The minimum absolute atomic E-state index is 0.172. The standard InChI is InChI=1S/C4H9O5P/c1-7-2-3-8-4-9-10(5)6/h2-4H2,1H3/p+1. The quantitative estimate of drug-likeness (QED) is 0.351. The predicted molar refractivity (Wildman–Crippen MR) is 33.6 cm³/mol. The molecule has 1 atom stereocenters. The lowest BCUT2D eigenvalue weighted by Crippen LogP contribution is -2.03. The molecule has 6 heteroatoms. The summed E-state index contributed by atoms with van der Waals surface area (Å²) >= 11 is 0. The lowest BCUT2D eigenvalue weighted by Gasteiger charge is -1.96. The van der Waals surface area contributed by atoms with Crippen molar-refractivity contribution in [1.29, 1.82) is 0 Å². The topological polar surface area (TPSA) is 65.0 Å². The molecule has 0 aromatic rings. The summed E-state index contributed by atoms with van der Waals surface area (Å²) in [6.07, 6.45) is 0. The van der Waals surface area contributed by atoms with Crippen molar-refractivity contribution in [1.82, 2.24) is 0 Å². The van der Waals surface area contributed by atoms with E-state index in [4.69, 9.17) is 9.63 Å². The average molecular weight is 169 g/mol. The largest absolute Gasteiger partial charge is 0.697 e. The van der Waals surface area contributed by atoms with Crippen LogP contribution in [0.4, 0.5) is 0 Å². The first kappa shape index (κ1) is 9.94. The second kappa shape index (κ2) is 7.05. The Labute approximate surface area is 59.8 Å². The van der Waals surface area contributed by atoms with E-state index in [1.54, 1.807) is 0 Å². The van der Waals surface area contributed by atoms with Crippen LogP contribution < -0.4 is 0 Å². The van der Waals surface area contributed by atoms with Crippen molar-refractivity contribution in [3.8, 4) is 0 Å². The Hall–Kier alpha value is -0.0600. The zero-order chi connectivity index (χ0) is 7.82. The summed E-state index contributed by atoms with van der Waals surface area (Å²) in [6, 6.07) is 0. The molecule has 0 radical (unpaired) electrons. The van der Waals surface area contributed by atoms with Gasteiger partial charge in [0.15, 0.2) is 0 Å². The van der Waals surface area contributed by atoms with Gasteiger partial charge in [-0.15, -0.1) is 4.89 Å². The van der Waals surface area contributed by atoms with Gasteiger partial charge in [-0.25, -0.2) is 0 Å². The molecule has 0 fully saturated rings. The van der Waals surface area contributed by atoms with Crippen molar-refractivity contribution >= 4 is 8.25 Å². The SMILES string of the molecule is COCCOCO[P+](=O)O. The number of hydrogen-bond donors (Lipinski definition) is 1. The molecule has 0 amide bonds. The van der Waals surface area contributed by atoms with Crippen LogP contribution in [0, 0.1) is 0 Å². The van der Waals surface area contributed by atoms with Gasteiger partial charge >= 0.3 is 8.25 Å². The molecule has 0 aliphatic rings. The van der Waals surface area contributed by atoms with E-state index >= 15 is 0 Å². The van der Waals surface area contributed by atoms with Crippen molar-refractivity contribution in [2.24, 2.45) is 0 Å². The molecule has 0 bridgehead atoms. The summed E-state index contributed by atoms with van der Waals surface area (Å²) in [6.45, 7) is 0.639. The van der Waals surface area contributed by atoms with Gasteiger partial charge in [-0.3, -0.25) is 0 Å². The second-order valence-corrected chi connectivity index (χ2v) is 2.12. The van der Waals surface area contributed by atoms with Gasteiger partial charge in [0.1, 0.15) is 0 Å². The first-order valence-electron chi connectivity index (χ1n) is 2.63. The maximum atomic E-state index is 9.85. The van der Waals surface area contributed by atoms with Crippen molar-refractivity contribution in [3.05, 3.63) is 0 Å². The zero-order valence-electron chi connectivity index (χ0n) is 5.65. The molecule has 0 aliphatic heterocycles. The van der Waals surface area contributed by atoms with Crippen molar-refractivity contribution in [3.63, 3.8) is 0 Å². The van der Waals surface area contributed by atoms with Gasteiger partial charge in [-0.1, -0.05) is 4.52 Å². The highest BCUT2D eigenvalue weighted by molar-refractivity contribution is 7.32. The first-order chi connectivity index (χ1) is 4.77. The Morgan fingerprint density at radius 2 is 2.20 bits per heavy atom. The summed E-state index contributed by atoms with van der Waals surface area (Å²) in [7, 11) is -0.999. The van der Waals surface area contributed by atoms with Crippen LogP contribution in [-0.2, 0) is 18.6 Å². The molecule has 1 N–H and O–H groups in total. The van der Waals surface area contributed by atoms with Crippen molar-refractivity contribution < 1.29 is 23.5 Å². The fourth-order valence-electron chi connectivity index (χ4n) is 0.284. The number of methoxy groups -OCH3 is 1. The van der Waals surface area contributed by atoms with Crippen LogP contribution in [0.3, 0.4) is 0 Å². The van der Waals surface area contributed by atoms with Gasteiger partial charge < -0.3 is 9.47 Å². The molecule has 1 unspecified atom stereocenters. The van der Waals surface area contributed by atoms with Gasteiger partial charge in [0.25, 0.3) is 0 Å². The third-order valence-electron chi connectivity index (χ3n) is 0.678. The molecule has 0 aromatic heterocycles. The molecule has 60 valence electrons. The molecule has 0 heterocycles. The van der Waals surface area contributed by atoms with Crippen molar-refractivity contribution in [2.45, 2.75) is 0 Å². The summed E-state index contributed by atoms with van der Waals surface area (Å²) in [5.41, 5.74) is 0. The van der Waals surface area contributed by atoms with E-state index in [0.717, 1.165) is 0 Å². The third-order valence-corrected chi connectivity index (χ3v) is 1.00. The highest BCUT2D eigenvalue weighted by Crippen LogP contribution is 2.12. The fraction of sp³-hybridized carbons (Fsp3) is 1.00. The summed E-state index contributed by atoms with van der Waals surface area (Å²) < 4.78 is 23.3. The number of ether oxygens (including phenoxy) is 2. The monoisotopic (exact) mass is 169 g/mol. The Morgan fingerprint density at radius 3 is 2.70 bits per heavy atom. The van der Waals surface area contributed by atoms with Crippen LogP contribution in [0.1, 0.15) is 0 Å². The Bertz CT molecular complexity index is 95.6. The van der Waals surface area contributed by atoms with Gasteiger partial charge in [0.05, 0.1) is 13.2 Å². The molecular formula is C4H10O5P+. The molecule has 0 aromatic carbocycles. The van der Waals surface area contributed by atoms with Crippen LogP contribution >= 0.6 is 8.25 Å². The molecule has 5 nitrogen and oxygen atoms in total. The second-order valence-electron chi connectivity index (χ2n) is 1.39. The Morgan fingerprint density at radius 1 is 1.50 bits per heavy atom. The first-order valence-corrected chi connectivity index (χ1v) is 3.76. The molecule has 0 rings (SSSR count). The van der Waals surface area contributed by atoms with Gasteiger partial charge in [0, 0.05) is 11.7 Å². The van der Waals surface area contributed by atoms with E-state index < -0.39 is 8.25 Å². The highest BCUT2D eigenvalue weighted by atomic mass is 31.1. The van der Waals surface area contributed by atoms with Crippen LogP contribution in [-0.4, -0.2) is 32.0 Å². The van der Waals surface area contributed by atoms with E-state index in [2.05, 4.69) is 9.26 Å². The summed E-state index contributed by atoms with van der Waals surface area (Å²) in [5.74, 6) is 0. The van der Waals surface area contributed by atoms with Crippen LogP contribution in [0.2, 0.25) is 0 Å². The van der Waals surface area contributed by atoms with Crippen molar-refractivity contribution in [2.75, 3.05) is 27.1 Å². The van der Waals surface area contributed by atoms with Gasteiger partial charge in [-0.05, 0) is 0 Å². The van der Waals surface area contributed by atoms with E-state index in [-0.39, 0.29) is 6.79 Å². The average Bonchev–Trinajstić information content (AvgIpc) is 1.87. The van der Waals surface area contributed by atoms with Gasteiger partial charge in [-0.2, -0.15) is 0 Å².